The van der Waals surface area contributed by atoms with E-state index >= 15 is 0 Å². The van der Waals surface area contributed by atoms with Crippen LogP contribution in [0, 0.1) is 0 Å². The van der Waals surface area contributed by atoms with Gasteiger partial charge in [0.25, 0.3) is 0 Å². The number of carbonyl (C=O) groups is 2. The van der Waals surface area contributed by atoms with Gasteiger partial charge < -0.3 is 15.1 Å². The van der Waals surface area contributed by atoms with Crippen molar-refractivity contribution in [2.24, 2.45) is 0 Å². The molecule has 0 aromatic carbocycles. The molecular formula is C15H17ClN2O4. The second kappa shape index (κ2) is 8.96. The van der Waals surface area contributed by atoms with Gasteiger partial charge >= 0.3 is 11.9 Å². The van der Waals surface area contributed by atoms with Gasteiger partial charge in [-0.05, 0) is 30.7 Å². The molecule has 1 aromatic heterocycles. The molecule has 2 heterocycles. The summed E-state index contributed by atoms with van der Waals surface area (Å²) < 4.78 is 0. The molecule has 0 aliphatic carbocycles. The largest absolute Gasteiger partial charge is 0.478 e. The fourth-order valence-corrected chi connectivity index (χ4v) is 1.85. The quantitative estimate of drug-likeness (QED) is 0.654. The van der Waals surface area contributed by atoms with Crippen LogP contribution in [0.1, 0.15) is 12.0 Å². The molecule has 0 fully saturated rings. The van der Waals surface area contributed by atoms with Crippen LogP contribution >= 0.6 is 11.6 Å². The van der Waals surface area contributed by atoms with Crippen LogP contribution < -0.4 is 0 Å². The number of pyridine rings is 1. The van der Waals surface area contributed by atoms with Crippen LogP contribution in [0.2, 0.25) is 5.15 Å². The minimum absolute atomic E-state index is 0.558. The Hall–Kier alpha value is -2.18. The number of aliphatic carboxylic acids is 2. The van der Waals surface area contributed by atoms with E-state index in [2.05, 4.69) is 23.0 Å². The number of likely N-dealkylation sites (N-methyl/N-ethyl adjacent to an activating group) is 1. The Balaban J connectivity index is 0.000000261. The smallest absolute Gasteiger partial charge is 0.328 e. The van der Waals surface area contributed by atoms with Crippen LogP contribution in [0.4, 0.5) is 0 Å². The van der Waals surface area contributed by atoms with Crippen molar-refractivity contribution in [3.8, 4) is 0 Å². The van der Waals surface area contributed by atoms with Crippen molar-refractivity contribution in [2.75, 3.05) is 20.1 Å². The van der Waals surface area contributed by atoms with Gasteiger partial charge in [0.15, 0.2) is 0 Å². The Morgan fingerprint density at radius 3 is 2.32 bits per heavy atom. The molecule has 22 heavy (non-hydrogen) atoms. The molecule has 0 amide bonds. The minimum atomic E-state index is -1.26. The molecule has 0 spiro atoms. The molecule has 2 N–H and O–H groups in total. The Bertz CT molecular complexity index is 566. The molecule has 0 atom stereocenters. The molecule has 0 radical (unpaired) electrons. The van der Waals surface area contributed by atoms with E-state index in [9.17, 15) is 9.59 Å². The second-order valence-electron chi connectivity index (χ2n) is 4.62. The summed E-state index contributed by atoms with van der Waals surface area (Å²) in [7, 11) is 2.13. The lowest BCUT2D eigenvalue weighted by atomic mass is 10.0. The number of nitrogens with zero attached hydrogens (tertiary/aromatic N) is 2. The van der Waals surface area contributed by atoms with E-state index in [-0.39, 0.29) is 0 Å². The Morgan fingerprint density at radius 2 is 1.91 bits per heavy atom. The molecule has 0 saturated carbocycles. The van der Waals surface area contributed by atoms with Gasteiger partial charge in [-0.2, -0.15) is 0 Å². The number of hydrogen-bond acceptors (Lipinski definition) is 4. The average molecular weight is 325 g/mol. The lowest BCUT2D eigenvalue weighted by Gasteiger charge is -2.21. The summed E-state index contributed by atoms with van der Waals surface area (Å²) in [6.07, 6.45) is 6.32. The molecule has 1 aliphatic heterocycles. The summed E-state index contributed by atoms with van der Waals surface area (Å²) in [5, 5.41) is 16.2. The van der Waals surface area contributed by atoms with Crippen molar-refractivity contribution >= 4 is 29.1 Å². The van der Waals surface area contributed by atoms with E-state index in [0.29, 0.717) is 17.3 Å². The third-order valence-electron chi connectivity index (χ3n) is 2.88. The van der Waals surface area contributed by atoms with Crippen molar-refractivity contribution in [1.82, 2.24) is 9.88 Å². The second-order valence-corrected chi connectivity index (χ2v) is 5.01. The maximum atomic E-state index is 9.55. The first-order chi connectivity index (χ1) is 10.4. The highest BCUT2D eigenvalue weighted by molar-refractivity contribution is 6.29. The number of hydrogen-bond donors (Lipinski definition) is 2. The predicted molar refractivity (Wildman–Crippen MR) is 83.7 cm³/mol. The van der Waals surface area contributed by atoms with E-state index in [1.165, 1.54) is 11.1 Å². The highest BCUT2D eigenvalue weighted by Crippen LogP contribution is 2.21. The summed E-state index contributed by atoms with van der Waals surface area (Å²) in [4.78, 5) is 25.5. The molecule has 0 bridgehead atoms. The first-order valence-corrected chi connectivity index (χ1v) is 6.89. The molecule has 0 unspecified atom stereocenters. The normalized spacial score (nSPS) is 14.9. The first kappa shape index (κ1) is 17.9. The molecule has 6 nitrogen and oxygen atoms in total. The van der Waals surface area contributed by atoms with Crippen LogP contribution in [-0.4, -0.2) is 52.2 Å². The van der Waals surface area contributed by atoms with Crippen LogP contribution in [0.5, 0.6) is 0 Å². The van der Waals surface area contributed by atoms with Crippen LogP contribution in [0.25, 0.3) is 5.57 Å². The molecule has 0 saturated heterocycles. The van der Waals surface area contributed by atoms with E-state index in [4.69, 9.17) is 21.8 Å². The van der Waals surface area contributed by atoms with Crippen LogP contribution in [0.15, 0.2) is 36.6 Å². The van der Waals surface area contributed by atoms with Gasteiger partial charge in [0.05, 0.1) is 0 Å². The molecule has 118 valence electrons. The molecule has 1 aromatic rings. The number of halogens is 1. The Kier molecular flexibility index (Phi) is 7.28. The first-order valence-electron chi connectivity index (χ1n) is 6.52. The van der Waals surface area contributed by atoms with Crippen LogP contribution in [-0.2, 0) is 9.59 Å². The van der Waals surface area contributed by atoms with Crippen LogP contribution in [0.3, 0.4) is 0 Å². The third kappa shape index (κ3) is 7.01. The summed E-state index contributed by atoms with van der Waals surface area (Å²) >= 11 is 5.73. The van der Waals surface area contributed by atoms with Gasteiger partial charge in [0, 0.05) is 31.4 Å². The van der Waals surface area contributed by atoms with Gasteiger partial charge in [0.2, 0.25) is 0 Å². The molecule has 2 rings (SSSR count). The van der Waals surface area contributed by atoms with Gasteiger partial charge in [-0.15, -0.1) is 0 Å². The van der Waals surface area contributed by atoms with Crippen molar-refractivity contribution < 1.29 is 19.8 Å². The van der Waals surface area contributed by atoms with Crippen molar-refractivity contribution in [2.45, 2.75) is 6.42 Å². The number of rotatable bonds is 3. The highest BCUT2D eigenvalue weighted by Gasteiger charge is 2.09. The number of carboxylic acid groups (broad SMARTS) is 2. The fourth-order valence-electron chi connectivity index (χ4n) is 1.74. The maximum absolute atomic E-state index is 9.55. The zero-order valence-corrected chi connectivity index (χ0v) is 12.8. The number of carboxylic acids is 2. The zero-order valence-electron chi connectivity index (χ0n) is 12.1. The van der Waals surface area contributed by atoms with Gasteiger partial charge in [-0.1, -0.05) is 23.7 Å². The summed E-state index contributed by atoms with van der Waals surface area (Å²) in [6, 6.07) is 3.88. The van der Waals surface area contributed by atoms with Crippen molar-refractivity contribution in [3.05, 3.63) is 47.3 Å². The van der Waals surface area contributed by atoms with Gasteiger partial charge in [-0.3, -0.25) is 0 Å². The van der Waals surface area contributed by atoms with E-state index in [0.717, 1.165) is 19.5 Å². The highest BCUT2D eigenvalue weighted by atomic mass is 35.5. The third-order valence-corrected chi connectivity index (χ3v) is 3.10. The Morgan fingerprint density at radius 1 is 1.27 bits per heavy atom. The van der Waals surface area contributed by atoms with Crippen molar-refractivity contribution in [1.29, 1.82) is 0 Å². The zero-order chi connectivity index (χ0) is 16.5. The minimum Gasteiger partial charge on any atom is -0.478 e. The number of aromatic nitrogens is 1. The van der Waals surface area contributed by atoms with Crippen molar-refractivity contribution in [3.63, 3.8) is 0 Å². The Labute approximate surface area is 133 Å². The molecule has 1 aliphatic rings. The monoisotopic (exact) mass is 324 g/mol. The lowest BCUT2D eigenvalue weighted by Crippen LogP contribution is -2.23. The lowest BCUT2D eigenvalue weighted by molar-refractivity contribution is -0.134. The average Bonchev–Trinajstić information content (AvgIpc) is 2.48. The van der Waals surface area contributed by atoms with Gasteiger partial charge in [0.1, 0.15) is 5.15 Å². The predicted octanol–water partition coefficient (Wildman–Crippen LogP) is 2.17. The summed E-state index contributed by atoms with van der Waals surface area (Å²) in [6.45, 7) is 2.15. The SMILES string of the molecule is CN1CC=C(c2ccc(Cl)nc2)CC1.O=C(O)/C=C/C(=O)O. The summed E-state index contributed by atoms with van der Waals surface area (Å²) in [5.41, 5.74) is 2.58. The molecular weight excluding hydrogens is 308 g/mol. The standard InChI is InChI=1S/C11H13ClN2.C4H4O4/c1-14-6-4-9(5-7-14)10-2-3-11(12)13-8-10;5-3(6)1-2-4(7)8/h2-4,8H,5-7H2,1H3;1-2H,(H,5,6)(H,7,8)/b;2-1+. The van der Waals surface area contributed by atoms with E-state index < -0.39 is 11.9 Å². The van der Waals surface area contributed by atoms with E-state index in [1.807, 2.05) is 18.3 Å². The fraction of sp³-hybridized carbons (Fsp3) is 0.267. The summed E-state index contributed by atoms with van der Waals surface area (Å²) in [5.74, 6) is -2.51. The topological polar surface area (TPSA) is 90.7 Å². The van der Waals surface area contributed by atoms with E-state index in [1.54, 1.807) is 0 Å². The van der Waals surface area contributed by atoms with Gasteiger partial charge in [-0.25, -0.2) is 14.6 Å². The maximum Gasteiger partial charge on any atom is 0.328 e. The molecule has 7 heteroatoms.